The molecule has 0 amide bonds. The van der Waals surface area contributed by atoms with Crippen molar-refractivity contribution in [2.24, 2.45) is 10.2 Å². The van der Waals surface area contributed by atoms with E-state index < -0.39 is 24.8 Å². The van der Waals surface area contributed by atoms with Crippen LogP contribution in [-0.2, 0) is 0 Å². The second-order valence-electron chi connectivity index (χ2n) is 1.57. The lowest BCUT2D eigenvalue weighted by Gasteiger charge is -1.95. The van der Waals surface area contributed by atoms with Crippen LogP contribution in [0.5, 0.6) is 0 Å². The van der Waals surface area contributed by atoms with E-state index in [9.17, 15) is 26.3 Å². The average Bonchev–Trinajstić information content (AvgIpc) is 1.76. The highest BCUT2D eigenvalue weighted by Gasteiger charge is 2.25. The summed E-state index contributed by atoms with van der Waals surface area (Å²) in [7, 11) is 0. The average molecular weight is 192 g/mol. The Morgan fingerprint density at radius 2 is 0.917 bits per heavy atom. The molecule has 70 valence electrons. The van der Waals surface area contributed by atoms with Crippen molar-refractivity contribution in [3.05, 3.63) is 0 Å². The van der Waals surface area contributed by atoms with Crippen LogP contribution >= 0.6 is 0 Å². The third kappa shape index (κ3) is 8.92. The van der Waals surface area contributed by atoms with Crippen molar-refractivity contribution in [1.29, 1.82) is 0 Å². The summed E-state index contributed by atoms with van der Waals surface area (Å²) in [5.41, 5.74) is 0. The van der Waals surface area contributed by atoms with Crippen molar-refractivity contribution in [2.45, 2.75) is 12.4 Å². The zero-order chi connectivity index (χ0) is 9.83. The Morgan fingerprint density at radius 1 is 0.667 bits per heavy atom. The Morgan fingerprint density at radius 3 is 1.08 bits per heavy atom. The highest BCUT2D eigenvalue weighted by Crippen LogP contribution is 2.12. The minimum atomic E-state index is -4.75. The molecule has 8 heteroatoms. The van der Waals surface area contributed by atoms with Gasteiger partial charge in [-0.25, -0.2) is 0 Å². The molecule has 0 aromatic rings. The van der Waals surface area contributed by atoms with Gasteiger partial charge in [0.25, 0.3) is 0 Å². The summed E-state index contributed by atoms with van der Waals surface area (Å²) in [6.45, 7) is 0. The Bertz CT molecular complexity index is 165. The molecule has 0 saturated heterocycles. The molecule has 0 aliphatic carbocycles. The van der Waals surface area contributed by atoms with Gasteiger partial charge in [0.15, 0.2) is 0 Å². The van der Waals surface area contributed by atoms with Crippen molar-refractivity contribution >= 4 is 12.4 Å². The molecule has 0 aliphatic heterocycles. The second-order valence-corrected chi connectivity index (χ2v) is 1.57. The Balaban J connectivity index is 4.00. The van der Waals surface area contributed by atoms with Crippen LogP contribution in [0.25, 0.3) is 0 Å². The maximum absolute atomic E-state index is 11.2. The van der Waals surface area contributed by atoms with Crippen LogP contribution in [0.1, 0.15) is 0 Å². The molecular formula is C4H2F6N2. The van der Waals surface area contributed by atoms with E-state index in [1.165, 1.54) is 0 Å². The predicted octanol–water partition coefficient (Wildman–Crippen LogP) is 2.17. The number of nitrogens with zero attached hydrogens (tertiary/aromatic N) is 2. The van der Waals surface area contributed by atoms with Crippen LogP contribution in [-0.4, -0.2) is 24.8 Å². The minimum Gasteiger partial charge on any atom is -0.165 e. The van der Waals surface area contributed by atoms with Gasteiger partial charge in [-0.05, 0) is 0 Å². The van der Waals surface area contributed by atoms with Crippen molar-refractivity contribution < 1.29 is 26.3 Å². The summed E-state index contributed by atoms with van der Waals surface area (Å²) in [5.74, 6) is 0. The van der Waals surface area contributed by atoms with E-state index in [0.717, 1.165) is 0 Å². The van der Waals surface area contributed by atoms with Crippen LogP contribution in [0.2, 0.25) is 0 Å². The molecule has 0 saturated carbocycles. The van der Waals surface area contributed by atoms with Crippen molar-refractivity contribution in [3.63, 3.8) is 0 Å². The number of hydrogen-bond donors (Lipinski definition) is 0. The fraction of sp³-hybridized carbons (Fsp3) is 0.500. The topological polar surface area (TPSA) is 24.7 Å². The summed E-state index contributed by atoms with van der Waals surface area (Å²) >= 11 is 0. The molecule has 0 fully saturated rings. The zero-order valence-electron chi connectivity index (χ0n) is 5.32. The van der Waals surface area contributed by atoms with Gasteiger partial charge in [-0.15, -0.1) is 0 Å². The molecule has 12 heavy (non-hydrogen) atoms. The van der Waals surface area contributed by atoms with Crippen molar-refractivity contribution in [3.8, 4) is 0 Å². The number of alkyl halides is 6. The van der Waals surface area contributed by atoms with E-state index in [2.05, 4.69) is 10.2 Å². The van der Waals surface area contributed by atoms with E-state index in [1.807, 2.05) is 0 Å². The highest BCUT2D eigenvalue weighted by molar-refractivity contribution is 5.67. The molecule has 0 N–H and O–H groups in total. The van der Waals surface area contributed by atoms with Crippen LogP contribution in [0.3, 0.4) is 0 Å². The first-order valence-corrected chi connectivity index (χ1v) is 2.43. The maximum atomic E-state index is 11.2. The smallest absolute Gasteiger partial charge is 0.165 e. The van der Waals surface area contributed by atoms with Crippen LogP contribution in [0, 0.1) is 0 Å². The Kier molecular flexibility index (Phi) is 3.23. The van der Waals surface area contributed by atoms with Crippen LogP contribution < -0.4 is 0 Å². The number of rotatable bonds is 1. The molecule has 0 aromatic carbocycles. The third-order valence-electron chi connectivity index (χ3n) is 0.475. The summed E-state index contributed by atoms with van der Waals surface area (Å²) < 4.78 is 67.0. The Hall–Kier alpha value is -1.08. The number of hydrogen-bond acceptors (Lipinski definition) is 2. The first kappa shape index (κ1) is 10.9. The highest BCUT2D eigenvalue weighted by atomic mass is 19.4. The zero-order valence-corrected chi connectivity index (χ0v) is 5.32. The summed E-state index contributed by atoms with van der Waals surface area (Å²) in [6, 6.07) is 0. The third-order valence-corrected chi connectivity index (χ3v) is 0.475. The monoisotopic (exact) mass is 192 g/mol. The fourth-order valence-electron chi connectivity index (χ4n) is 0.198. The first-order chi connectivity index (χ1) is 5.21. The van der Waals surface area contributed by atoms with Crippen LogP contribution in [0.15, 0.2) is 10.2 Å². The largest absolute Gasteiger partial charge is 0.428 e. The van der Waals surface area contributed by atoms with E-state index in [1.54, 1.807) is 0 Å². The molecule has 2 nitrogen and oxygen atoms in total. The summed E-state index contributed by atoms with van der Waals surface area (Å²) in [6.07, 6.45) is -10.8. The van der Waals surface area contributed by atoms with Crippen LogP contribution in [0.4, 0.5) is 26.3 Å². The molecule has 0 spiro atoms. The maximum Gasteiger partial charge on any atom is 0.428 e. The molecular weight excluding hydrogens is 190 g/mol. The van der Waals surface area contributed by atoms with Gasteiger partial charge in [0.05, 0.1) is 0 Å². The van der Waals surface area contributed by atoms with Crippen molar-refractivity contribution in [1.82, 2.24) is 0 Å². The Labute approximate surface area is 62.6 Å². The van der Waals surface area contributed by atoms with Gasteiger partial charge in [-0.1, -0.05) is 0 Å². The second kappa shape index (κ2) is 3.55. The quantitative estimate of drug-likeness (QED) is 0.345. The first-order valence-electron chi connectivity index (χ1n) is 2.43. The van der Waals surface area contributed by atoms with Gasteiger partial charge in [0, 0.05) is 0 Å². The van der Waals surface area contributed by atoms with E-state index in [4.69, 9.17) is 0 Å². The van der Waals surface area contributed by atoms with Gasteiger partial charge in [0.1, 0.15) is 12.4 Å². The fourth-order valence-corrected chi connectivity index (χ4v) is 0.198. The predicted molar refractivity (Wildman–Crippen MR) is 29.1 cm³/mol. The van der Waals surface area contributed by atoms with E-state index in [0.29, 0.717) is 0 Å². The molecule has 0 unspecified atom stereocenters. The minimum absolute atomic E-state index is 0.644. The standard InChI is InChI=1S/C4H2F6N2/c5-3(6,7)1-11-12-2-4(8,9)10/h1-2H/b11-1+,12-2+. The van der Waals surface area contributed by atoms with Gasteiger partial charge in [0.2, 0.25) is 0 Å². The normalized spacial score (nSPS) is 14.8. The molecule has 0 rings (SSSR count). The molecule has 0 aliphatic rings. The van der Waals surface area contributed by atoms with Gasteiger partial charge in [-0.2, -0.15) is 36.5 Å². The molecule has 0 heterocycles. The lowest BCUT2D eigenvalue weighted by molar-refractivity contribution is -0.0559. The molecule has 0 radical (unpaired) electrons. The van der Waals surface area contributed by atoms with E-state index >= 15 is 0 Å². The summed E-state index contributed by atoms with van der Waals surface area (Å²) in [5, 5.41) is 4.25. The molecule has 0 aromatic heterocycles. The van der Waals surface area contributed by atoms with Gasteiger partial charge >= 0.3 is 12.4 Å². The van der Waals surface area contributed by atoms with E-state index in [-0.39, 0.29) is 0 Å². The molecule has 0 atom stereocenters. The summed E-state index contributed by atoms with van der Waals surface area (Å²) in [4.78, 5) is 0. The number of halogens is 6. The lowest BCUT2D eigenvalue weighted by Crippen LogP contribution is -2.10. The molecule has 0 bridgehead atoms. The van der Waals surface area contributed by atoms with Gasteiger partial charge in [-0.3, -0.25) is 0 Å². The SMILES string of the molecule is FC(F)(F)/C=N/N=C/C(F)(F)F. The van der Waals surface area contributed by atoms with Crippen molar-refractivity contribution in [2.75, 3.05) is 0 Å². The van der Waals surface area contributed by atoms with Gasteiger partial charge < -0.3 is 0 Å². The lowest BCUT2D eigenvalue weighted by atomic mass is 10.7.